The van der Waals surface area contributed by atoms with E-state index >= 15 is 0 Å². The molecule has 1 saturated carbocycles. The normalized spacial score (nSPS) is 37.2. The molecule has 2 fully saturated rings. The van der Waals surface area contributed by atoms with Crippen LogP contribution in [-0.4, -0.2) is 30.1 Å². The highest BCUT2D eigenvalue weighted by Gasteiger charge is 2.54. The summed E-state index contributed by atoms with van der Waals surface area (Å²) in [4.78, 5) is 24.0. The lowest BCUT2D eigenvalue weighted by Crippen LogP contribution is -2.24. The van der Waals surface area contributed by atoms with E-state index in [1.54, 1.807) is 0 Å². The average molecular weight is 360 g/mol. The first-order chi connectivity index (χ1) is 12.1. The number of fused-ring (bicyclic) bond motifs is 2. The minimum absolute atomic E-state index is 0.0593. The van der Waals surface area contributed by atoms with E-state index in [1.807, 2.05) is 0 Å². The highest BCUT2D eigenvalue weighted by Crippen LogP contribution is 2.53. The molecule has 3 rings (SSSR count). The van der Waals surface area contributed by atoms with Gasteiger partial charge in [0.2, 0.25) is 0 Å². The first-order valence-electron chi connectivity index (χ1n) is 9.84. The summed E-state index contributed by atoms with van der Waals surface area (Å²) >= 11 is 0. The van der Waals surface area contributed by atoms with E-state index in [4.69, 9.17) is 9.47 Å². The third kappa shape index (κ3) is 3.80. The van der Waals surface area contributed by atoms with Crippen LogP contribution in [0.3, 0.4) is 0 Å². The number of ether oxygens (including phenoxy) is 2. The molecular weight excluding hydrogens is 328 g/mol. The number of carbonyl (C=O) groups is 2. The quantitative estimate of drug-likeness (QED) is 0.314. The van der Waals surface area contributed by atoms with E-state index in [9.17, 15) is 9.59 Å². The Morgan fingerprint density at radius 1 is 1.27 bits per heavy atom. The van der Waals surface area contributed by atoms with Crippen molar-refractivity contribution in [1.82, 2.24) is 0 Å². The number of allylic oxidation sites excluding steroid dienone is 3. The predicted octanol–water partition coefficient (Wildman–Crippen LogP) is 4.53. The molecule has 1 saturated heterocycles. The fourth-order valence-corrected chi connectivity index (χ4v) is 4.89. The molecule has 4 nitrogen and oxygen atoms in total. The number of rotatable bonds is 2. The van der Waals surface area contributed by atoms with Crippen molar-refractivity contribution in [2.75, 3.05) is 6.61 Å². The molecule has 0 aromatic heterocycles. The molecule has 0 aromatic carbocycles. The molecular formula is C22H32O4. The molecule has 4 atom stereocenters. The van der Waals surface area contributed by atoms with Gasteiger partial charge in [0.25, 0.3) is 0 Å². The summed E-state index contributed by atoms with van der Waals surface area (Å²) in [6.45, 7) is 10.4. The van der Waals surface area contributed by atoms with Crippen LogP contribution in [0.1, 0.15) is 73.1 Å². The lowest BCUT2D eigenvalue weighted by Gasteiger charge is -2.31. The third-order valence-corrected chi connectivity index (χ3v) is 6.60. The van der Waals surface area contributed by atoms with Crippen LogP contribution in [0, 0.1) is 11.3 Å². The Kier molecular flexibility index (Phi) is 5.17. The van der Waals surface area contributed by atoms with Gasteiger partial charge in [-0.3, -0.25) is 9.59 Å². The highest BCUT2D eigenvalue weighted by atomic mass is 16.6. The van der Waals surface area contributed by atoms with Crippen LogP contribution in [0.25, 0.3) is 0 Å². The fourth-order valence-electron chi connectivity index (χ4n) is 4.89. The van der Waals surface area contributed by atoms with Gasteiger partial charge in [0.1, 0.15) is 6.61 Å². The Labute approximate surface area is 157 Å². The lowest BCUT2D eigenvalue weighted by molar-refractivity contribution is -0.140. The van der Waals surface area contributed by atoms with E-state index in [0.29, 0.717) is 18.8 Å². The topological polar surface area (TPSA) is 55.9 Å². The molecule has 1 heterocycles. The Bertz CT molecular complexity index is 670. The predicted molar refractivity (Wildman–Crippen MR) is 101 cm³/mol. The Morgan fingerprint density at radius 2 is 2.00 bits per heavy atom. The molecule has 0 unspecified atom stereocenters. The molecule has 0 spiro atoms. The van der Waals surface area contributed by atoms with E-state index < -0.39 is 0 Å². The van der Waals surface area contributed by atoms with E-state index in [-0.39, 0.29) is 29.0 Å². The Hall–Kier alpha value is -1.42. The van der Waals surface area contributed by atoms with Crippen LogP contribution in [-0.2, 0) is 19.1 Å². The van der Waals surface area contributed by atoms with Crippen molar-refractivity contribution >= 4 is 11.8 Å². The second-order valence-electron chi connectivity index (χ2n) is 9.06. The zero-order chi connectivity index (χ0) is 19.1. The molecule has 2 aliphatic carbocycles. The second-order valence-corrected chi connectivity index (χ2v) is 9.06. The van der Waals surface area contributed by atoms with Crippen LogP contribution in [0.2, 0.25) is 0 Å². The van der Waals surface area contributed by atoms with Gasteiger partial charge in [-0.05, 0) is 75.4 Å². The van der Waals surface area contributed by atoms with Crippen molar-refractivity contribution in [3.63, 3.8) is 0 Å². The number of Topliss-reactive ketones (excluding diaryl/α,β-unsaturated/α-hetero) is 1. The Balaban J connectivity index is 1.90. The van der Waals surface area contributed by atoms with Gasteiger partial charge in [-0.1, -0.05) is 18.6 Å². The molecule has 0 bridgehead atoms. The first-order valence-corrected chi connectivity index (χ1v) is 9.84. The van der Waals surface area contributed by atoms with E-state index in [0.717, 1.165) is 48.8 Å². The SMILES string of the molecule is CC(=O)OCC1=CC[C@]2(C)CC(=O)C(=C(C)C)[C@H]2CC[C@]2(C)O[C@H]2CC1. The zero-order valence-electron chi connectivity index (χ0n) is 16.8. The third-order valence-electron chi connectivity index (χ3n) is 6.60. The number of hydrogen-bond donors (Lipinski definition) is 0. The van der Waals surface area contributed by atoms with Gasteiger partial charge >= 0.3 is 5.97 Å². The highest BCUT2D eigenvalue weighted by molar-refractivity contribution is 5.99. The van der Waals surface area contributed by atoms with Gasteiger partial charge in [-0.15, -0.1) is 0 Å². The van der Waals surface area contributed by atoms with Crippen LogP contribution in [0.15, 0.2) is 22.8 Å². The molecule has 144 valence electrons. The number of hydrogen-bond acceptors (Lipinski definition) is 4. The van der Waals surface area contributed by atoms with Crippen LogP contribution >= 0.6 is 0 Å². The maximum atomic E-state index is 12.7. The van der Waals surface area contributed by atoms with Gasteiger partial charge in [-0.25, -0.2) is 0 Å². The fraction of sp³-hybridized carbons (Fsp3) is 0.727. The summed E-state index contributed by atoms with van der Waals surface area (Å²) < 4.78 is 11.3. The van der Waals surface area contributed by atoms with Gasteiger partial charge in [0, 0.05) is 13.3 Å². The maximum absolute atomic E-state index is 12.7. The summed E-state index contributed by atoms with van der Waals surface area (Å²) in [5.74, 6) is 0.341. The number of epoxide rings is 1. The molecule has 26 heavy (non-hydrogen) atoms. The van der Waals surface area contributed by atoms with Crippen LogP contribution in [0.5, 0.6) is 0 Å². The monoisotopic (exact) mass is 360 g/mol. The van der Waals surface area contributed by atoms with E-state index in [1.165, 1.54) is 6.92 Å². The molecule has 0 aromatic rings. The largest absolute Gasteiger partial charge is 0.461 e. The molecule has 4 heteroatoms. The first kappa shape index (κ1) is 19.3. The van der Waals surface area contributed by atoms with Crippen molar-refractivity contribution in [2.45, 2.75) is 84.8 Å². The van der Waals surface area contributed by atoms with Crippen LogP contribution < -0.4 is 0 Å². The van der Waals surface area contributed by atoms with Crippen molar-refractivity contribution in [2.24, 2.45) is 11.3 Å². The van der Waals surface area contributed by atoms with Crippen molar-refractivity contribution in [3.8, 4) is 0 Å². The van der Waals surface area contributed by atoms with Crippen molar-refractivity contribution in [1.29, 1.82) is 0 Å². The smallest absolute Gasteiger partial charge is 0.302 e. The summed E-state index contributed by atoms with van der Waals surface area (Å²) in [6.07, 6.45) is 7.83. The van der Waals surface area contributed by atoms with Crippen molar-refractivity contribution < 1.29 is 19.1 Å². The summed E-state index contributed by atoms with van der Waals surface area (Å²) in [5.41, 5.74) is 3.23. The van der Waals surface area contributed by atoms with Gasteiger partial charge in [-0.2, -0.15) is 0 Å². The summed E-state index contributed by atoms with van der Waals surface area (Å²) in [5, 5.41) is 0. The average Bonchev–Trinajstić information content (AvgIpc) is 3.10. The summed E-state index contributed by atoms with van der Waals surface area (Å²) in [7, 11) is 0. The summed E-state index contributed by atoms with van der Waals surface area (Å²) in [6, 6.07) is 0. The zero-order valence-corrected chi connectivity index (χ0v) is 16.8. The molecule has 1 aliphatic heterocycles. The minimum atomic E-state index is -0.250. The Morgan fingerprint density at radius 3 is 2.65 bits per heavy atom. The maximum Gasteiger partial charge on any atom is 0.302 e. The number of carbonyl (C=O) groups excluding carboxylic acids is 2. The van der Waals surface area contributed by atoms with Gasteiger partial charge < -0.3 is 9.47 Å². The standard InChI is InChI=1S/C22H32O4/c1-14(2)20-17-9-11-22(5)19(26-22)7-6-16(13-25-15(3)23)8-10-21(17,4)12-18(20)24/h8,17,19H,6-7,9-13H2,1-5H3/t17-,19+,21-,22+/m1/s1. The molecule has 0 amide bonds. The minimum Gasteiger partial charge on any atom is -0.461 e. The molecule has 0 N–H and O–H groups in total. The van der Waals surface area contributed by atoms with Gasteiger partial charge in [0.05, 0.1) is 11.7 Å². The van der Waals surface area contributed by atoms with E-state index in [2.05, 4.69) is 33.8 Å². The molecule has 3 aliphatic rings. The van der Waals surface area contributed by atoms with Gasteiger partial charge in [0.15, 0.2) is 5.78 Å². The number of ketones is 1. The lowest BCUT2D eigenvalue weighted by atomic mass is 9.72. The van der Waals surface area contributed by atoms with Crippen LogP contribution in [0.4, 0.5) is 0 Å². The van der Waals surface area contributed by atoms with Crippen molar-refractivity contribution in [3.05, 3.63) is 22.8 Å². The number of esters is 1. The molecule has 0 radical (unpaired) electrons. The second kappa shape index (κ2) is 6.95.